The van der Waals surface area contributed by atoms with Gasteiger partial charge in [-0.05, 0) is 58.9 Å². The molecule has 128 valence electrons. The number of carbonyl (C=O) groups excluding carboxylic acids is 1. The van der Waals surface area contributed by atoms with Crippen molar-refractivity contribution >= 4 is 5.91 Å². The molecule has 0 bridgehead atoms. The number of nitrogens with zero attached hydrogens (tertiary/aromatic N) is 2. The van der Waals surface area contributed by atoms with Gasteiger partial charge in [-0.2, -0.15) is 5.10 Å². The Balaban J connectivity index is 1.70. The van der Waals surface area contributed by atoms with E-state index in [0.717, 1.165) is 13.0 Å². The lowest BCUT2D eigenvalue weighted by Gasteiger charge is -2.25. The van der Waals surface area contributed by atoms with Crippen LogP contribution in [0.4, 0.5) is 0 Å². The molecular weight excluding hydrogens is 288 g/mol. The molecule has 1 aliphatic carbocycles. The molecule has 0 saturated heterocycles. The number of amides is 1. The maximum Gasteiger partial charge on any atom is 0.236 e. The summed E-state index contributed by atoms with van der Waals surface area (Å²) in [5, 5.41) is 10.7. The predicted molar refractivity (Wildman–Crippen MR) is 93.2 cm³/mol. The summed E-state index contributed by atoms with van der Waals surface area (Å²) < 4.78 is 1.91. The number of hydrogen-bond acceptors (Lipinski definition) is 3. The summed E-state index contributed by atoms with van der Waals surface area (Å²) in [6.07, 6.45) is 12.0. The molecule has 0 aliphatic heterocycles. The van der Waals surface area contributed by atoms with Crippen molar-refractivity contribution in [1.29, 1.82) is 0 Å². The number of nitrogens with one attached hydrogen (secondary N) is 2. The van der Waals surface area contributed by atoms with Crippen molar-refractivity contribution in [2.75, 3.05) is 6.54 Å². The Morgan fingerprint density at radius 1 is 1.35 bits per heavy atom. The van der Waals surface area contributed by atoms with E-state index >= 15 is 0 Å². The maximum atomic E-state index is 12.2. The summed E-state index contributed by atoms with van der Waals surface area (Å²) in [5.74, 6) is 0.0703. The summed E-state index contributed by atoms with van der Waals surface area (Å²) in [6.45, 7) is 6.84. The minimum atomic E-state index is -0.205. The van der Waals surface area contributed by atoms with E-state index < -0.39 is 0 Å². The SMILES string of the molecule is C[C@H](N[C@@H](C)[C@H](C)n1cccn1)C(=O)NCCC1=CCCCC1. The zero-order valence-corrected chi connectivity index (χ0v) is 14.6. The highest BCUT2D eigenvalue weighted by Gasteiger charge is 2.20. The highest BCUT2D eigenvalue weighted by Crippen LogP contribution is 2.19. The molecule has 0 fully saturated rings. The maximum absolute atomic E-state index is 12.2. The van der Waals surface area contributed by atoms with Gasteiger partial charge in [-0.1, -0.05) is 11.6 Å². The second-order valence-corrected chi connectivity index (χ2v) is 6.55. The van der Waals surface area contributed by atoms with Crippen molar-refractivity contribution in [3.8, 4) is 0 Å². The molecule has 0 saturated carbocycles. The van der Waals surface area contributed by atoms with E-state index in [1.165, 1.54) is 31.3 Å². The van der Waals surface area contributed by atoms with Gasteiger partial charge in [0, 0.05) is 25.0 Å². The third-order valence-corrected chi connectivity index (χ3v) is 4.70. The molecular formula is C18H30N4O. The van der Waals surface area contributed by atoms with Crippen LogP contribution >= 0.6 is 0 Å². The molecule has 1 aromatic heterocycles. The van der Waals surface area contributed by atoms with E-state index in [9.17, 15) is 4.79 Å². The highest BCUT2D eigenvalue weighted by molar-refractivity contribution is 5.81. The van der Waals surface area contributed by atoms with Crippen LogP contribution < -0.4 is 10.6 Å². The normalized spacial score (nSPS) is 18.8. The number of aromatic nitrogens is 2. The van der Waals surface area contributed by atoms with Gasteiger partial charge in [0.2, 0.25) is 5.91 Å². The van der Waals surface area contributed by atoms with Gasteiger partial charge in [-0.15, -0.1) is 0 Å². The van der Waals surface area contributed by atoms with Crippen molar-refractivity contribution in [2.24, 2.45) is 0 Å². The Hall–Kier alpha value is -1.62. The summed E-state index contributed by atoms with van der Waals surface area (Å²) in [6, 6.07) is 2.08. The Labute approximate surface area is 139 Å². The van der Waals surface area contributed by atoms with Gasteiger partial charge in [0.15, 0.2) is 0 Å². The lowest BCUT2D eigenvalue weighted by molar-refractivity contribution is -0.122. The van der Waals surface area contributed by atoms with Gasteiger partial charge in [-0.3, -0.25) is 9.48 Å². The fraction of sp³-hybridized carbons (Fsp3) is 0.667. The first-order chi connectivity index (χ1) is 11.1. The molecule has 1 aliphatic rings. The smallest absolute Gasteiger partial charge is 0.236 e. The second kappa shape index (κ2) is 8.87. The average molecular weight is 318 g/mol. The van der Waals surface area contributed by atoms with E-state index in [4.69, 9.17) is 0 Å². The third kappa shape index (κ3) is 5.50. The molecule has 0 unspecified atom stereocenters. The molecule has 2 N–H and O–H groups in total. The van der Waals surface area contributed by atoms with E-state index in [1.807, 2.05) is 23.9 Å². The lowest BCUT2D eigenvalue weighted by Crippen LogP contribution is -2.48. The molecule has 0 spiro atoms. The number of allylic oxidation sites excluding steroid dienone is 1. The monoisotopic (exact) mass is 318 g/mol. The Morgan fingerprint density at radius 2 is 2.17 bits per heavy atom. The number of hydrogen-bond donors (Lipinski definition) is 2. The van der Waals surface area contributed by atoms with Crippen LogP contribution in [0, 0.1) is 0 Å². The molecule has 5 nitrogen and oxygen atoms in total. The summed E-state index contributed by atoms with van der Waals surface area (Å²) in [4.78, 5) is 12.2. The standard InChI is InChI=1S/C18H30N4O/c1-14(16(3)22-13-7-11-20-22)21-15(2)18(23)19-12-10-17-8-5-4-6-9-17/h7-8,11,13-16,21H,4-6,9-10,12H2,1-3H3,(H,19,23)/t14-,15-,16-/m0/s1. The van der Waals surface area contributed by atoms with Crippen LogP contribution in [-0.4, -0.2) is 34.3 Å². The Bertz CT molecular complexity index is 509. The van der Waals surface area contributed by atoms with Crippen LogP contribution in [-0.2, 0) is 4.79 Å². The topological polar surface area (TPSA) is 59.0 Å². The van der Waals surface area contributed by atoms with E-state index in [-0.39, 0.29) is 24.0 Å². The van der Waals surface area contributed by atoms with Crippen molar-refractivity contribution in [2.45, 2.75) is 71.0 Å². The zero-order valence-electron chi connectivity index (χ0n) is 14.6. The highest BCUT2D eigenvalue weighted by atomic mass is 16.2. The van der Waals surface area contributed by atoms with Gasteiger partial charge in [0.05, 0.1) is 12.1 Å². The van der Waals surface area contributed by atoms with Crippen LogP contribution in [0.3, 0.4) is 0 Å². The van der Waals surface area contributed by atoms with Crippen molar-refractivity contribution < 1.29 is 4.79 Å². The van der Waals surface area contributed by atoms with Crippen LogP contribution in [0.2, 0.25) is 0 Å². The van der Waals surface area contributed by atoms with Gasteiger partial charge >= 0.3 is 0 Å². The van der Waals surface area contributed by atoms with Gasteiger partial charge in [-0.25, -0.2) is 0 Å². The largest absolute Gasteiger partial charge is 0.354 e. The molecule has 0 aromatic carbocycles. The molecule has 3 atom stereocenters. The second-order valence-electron chi connectivity index (χ2n) is 6.55. The third-order valence-electron chi connectivity index (χ3n) is 4.70. The molecule has 5 heteroatoms. The number of carbonyl (C=O) groups is 1. The van der Waals surface area contributed by atoms with Gasteiger partial charge < -0.3 is 10.6 Å². The quantitative estimate of drug-likeness (QED) is 0.725. The van der Waals surface area contributed by atoms with Crippen LogP contribution in [0.25, 0.3) is 0 Å². The first-order valence-electron chi connectivity index (χ1n) is 8.78. The first-order valence-corrected chi connectivity index (χ1v) is 8.78. The van der Waals surface area contributed by atoms with E-state index in [0.29, 0.717) is 0 Å². The van der Waals surface area contributed by atoms with Crippen LogP contribution in [0.5, 0.6) is 0 Å². The van der Waals surface area contributed by atoms with Crippen LogP contribution in [0.15, 0.2) is 30.1 Å². The molecule has 1 aromatic rings. The fourth-order valence-corrected chi connectivity index (χ4v) is 2.99. The molecule has 0 radical (unpaired) electrons. The van der Waals surface area contributed by atoms with Crippen LogP contribution in [0.1, 0.15) is 58.9 Å². The van der Waals surface area contributed by atoms with E-state index in [1.54, 1.807) is 6.20 Å². The molecule has 1 amide bonds. The van der Waals surface area contributed by atoms with Gasteiger partial charge in [0.1, 0.15) is 0 Å². The van der Waals surface area contributed by atoms with Crippen molar-refractivity contribution in [1.82, 2.24) is 20.4 Å². The number of rotatable bonds is 8. The average Bonchev–Trinajstić information content (AvgIpc) is 3.09. The van der Waals surface area contributed by atoms with Gasteiger partial charge in [0.25, 0.3) is 0 Å². The predicted octanol–water partition coefficient (Wildman–Crippen LogP) is 2.82. The zero-order chi connectivity index (χ0) is 16.7. The molecule has 1 heterocycles. The Morgan fingerprint density at radius 3 is 2.83 bits per heavy atom. The lowest BCUT2D eigenvalue weighted by atomic mass is 9.97. The summed E-state index contributed by atoms with van der Waals surface area (Å²) in [5.41, 5.74) is 1.50. The van der Waals surface area contributed by atoms with Crippen molar-refractivity contribution in [3.05, 3.63) is 30.1 Å². The summed E-state index contributed by atoms with van der Waals surface area (Å²) in [7, 11) is 0. The molecule has 2 rings (SSSR count). The van der Waals surface area contributed by atoms with E-state index in [2.05, 4.69) is 35.7 Å². The summed E-state index contributed by atoms with van der Waals surface area (Å²) >= 11 is 0. The molecule has 23 heavy (non-hydrogen) atoms. The van der Waals surface area contributed by atoms with Crippen molar-refractivity contribution in [3.63, 3.8) is 0 Å². The Kier molecular flexibility index (Phi) is 6.84. The minimum Gasteiger partial charge on any atom is -0.354 e. The minimum absolute atomic E-state index is 0.0703. The first kappa shape index (κ1) is 17.7. The fourth-order valence-electron chi connectivity index (χ4n) is 2.99.